The van der Waals surface area contributed by atoms with E-state index in [0.29, 0.717) is 13.0 Å². The molecule has 0 bridgehead atoms. The van der Waals surface area contributed by atoms with Gasteiger partial charge < -0.3 is 14.8 Å². The molecule has 1 aromatic heterocycles. The van der Waals surface area contributed by atoms with Crippen molar-refractivity contribution in [2.45, 2.75) is 18.9 Å². The average Bonchev–Trinajstić information content (AvgIpc) is 2.74. The number of carboxylic acids is 1. The van der Waals surface area contributed by atoms with Crippen LogP contribution in [0.1, 0.15) is 18.0 Å². The van der Waals surface area contributed by atoms with E-state index in [1.807, 2.05) is 16.7 Å². The van der Waals surface area contributed by atoms with Gasteiger partial charge in [-0.2, -0.15) is 0 Å². The van der Waals surface area contributed by atoms with E-state index in [9.17, 15) is 9.90 Å². The van der Waals surface area contributed by atoms with Crippen molar-refractivity contribution < 1.29 is 15.0 Å². The van der Waals surface area contributed by atoms with E-state index >= 15 is 0 Å². The van der Waals surface area contributed by atoms with E-state index in [4.69, 9.17) is 5.11 Å². The Morgan fingerprint density at radius 2 is 2.25 bits per heavy atom. The second-order valence-electron chi connectivity index (χ2n) is 4.12. The number of hydrogen-bond donors (Lipinski definition) is 2. The number of para-hydroxylation sites is 1. The molecule has 82 valence electrons. The molecule has 2 N–H and O–H groups in total. The monoisotopic (exact) mass is 217 g/mol. The quantitative estimate of drug-likeness (QED) is 0.767. The lowest BCUT2D eigenvalue weighted by Crippen LogP contribution is -2.07. The zero-order chi connectivity index (χ0) is 11.3. The Labute approximate surface area is 91.7 Å². The molecule has 1 atom stereocenters. The smallest absolute Gasteiger partial charge is 0.312 e. The number of nitrogens with zero attached hydrogens (tertiary/aromatic N) is 1. The van der Waals surface area contributed by atoms with Crippen LogP contribution in [0.5, 0.6) is 5.75 Å². The van der Waals surface area contributed by atoms with Gasteiger partial charge in [-0.3, -0.25) is 4.79 Å². The molecule has 1 unspecified atom stereocenters. The third kappa shape index (κ3) is 1.07. The summed E-state index contributed by atoms with van der Waals surface area (Å²) in [6.07, 6.45) is 0.606. The molecule has 0 radical (unpaired) electrons. The molecule has 2 aromatic rings. The second-order valence-corrected chi connectivity index (χ2v) is 4.12. The molecule has 3 rings (SSSR count). The Kier molecular flexibility index (Phi) is 1.74. The van der Waals surface area contributed by atoms with Gasteiger partial charge in [-0.15, -0.1) is 0 Å². The van der Waals surface area contributed by atoms with E-state index in [-0.39, 0.29) is 5.75 Å². The summed E-state index contributed by atoms with van der Waals surface area (Å²) in [5.74, 6) is -1.01. The SMILES string of the molecule is O=C(O)C1CCn2c1cc1cccc(O)c12. The van der Waals surface area contributed by atoms with Crippen molar-refractivity contribution >= 4 is 16.9 Å². The first-order valence-corrected chi connectivity index (χ1v) is 5.22. The van der Waals surface area contributed by atoms with Crippen molar-refractivity contribution in [1.82, 2.24) is 4.57 Å². The number of phenols is 1. The van der Waals surface area contributed by atoms with Crippen molar-refractivity contribution in [3.63, 3.8) is 0 Å². The van der Waals surface area contributed by atoms with Gasteiger partial charge in [-0.25, -0.2) is 0 Å². The maximum absolute atomic E-state index is 11.1. The molecule has 0 saturated carbocycles. The zero-order valence-corrected chi connectivity index (χ0v) is 8.55. The van der Waals surface area contributed by atoms with E-state index in [2.05, 4.69) is 0 Å². The van der Waals surface area contributed by atoms with Crippen LogP contribution in [0.4, 0.5) is 0 Å². The van der Waals surface area contributed by atoms with Gasteiger partial charge in [0.25, 0.3) is 0 Å². The van der Waals surface area contributed by atoms with Crippen molar-refractivity contribution in [2.24, 2.45) is 0 Å². The molecule has 4 nitrogen and oxygen atoms in total. The first kappa shape index (κ1) is 9.27. The minimum atomic E-state index is -0.791. The maximum atomic E-state index is 11.1. The first-order valence-electron chi connectivity index (χ1n) is 5.22. The molecule has 4 heteroatoms. The molecule has 1 aliphatic rings. The van der Waals surface area contributed by atoms with Crippen LogP contribution < -0.4 is 0 Å². The van der Waals surface area contributed by atoms with E-state index in [1.165, 1.54) is 0 Å². The Balaban J connectivity index is 2.29. The number of aromatic nitrogens is 1. The number of rotatable bonds is 1. The Hall–Kier alpha value is -1.97. The van der Waals surface area contributed by atoms with Gasteiger partial charge in [-0.1, -0.05) is 12.1 Å². The fraction of sp³-hybridized carbons (Fsp3) is 0.250. The van der Waals surface area contributed by atoms with Crippen LogP contribution in [0.25, 0.3) is 10.9 Å². The third-order valence-electron chi connectivity index (χ3n) is 3.23. The van der Waals surface area contributed by atoms with Crippen LogP contribution >= 0.6 is 0 Å². The highest BCUT2D eigenvalue weighted by atomic mass is 16.4. The number of aromatic hydroxyl groups is 1. The van der Waals surface area contributed by atoms with Crippen molar-refractivity contribution in [1.29, 1.82) is 0 Å². The van der Waals surface area contributed by atoms with Gasteiger partial charge in [0.1, 0.15) is 5.75 Å². The molecular weight excluding hydrogens is 206 g/mol. The average molecular weight is 217 g/mol. The summed E-state index contributed by atoms with van der Waals surface area (Å²) in [4.78, 5) is 11.1. The molecule has 1 aromatic carbocycles. The maximum Gasteiger partial charge on any atom is 0.312 e. The van der Waals surface area contributed by atoms with Gasteiger partial charge in [-0.05, 0) is 18.6 Å². The summed E-state index contributed by atoms with van der Waals surface area (Å²) >= 11 is 0. The number of carboxylic acid groups (broad SMARTS) is 1. The predicted octanol–water partition coefficient (Wildman–Crippen LogP) is 1.92. The van der Waals surface area contributed by atoms with Crippen LogP contribution in [-0.2, 0) is 11.3 Å². The Morgan fingerprint density at radius 3 is 3.00 bits per heavy atom. The number of aryl methyl sites for hydroxylation is 1. The van der Waals surface area contributed by atoms with E-state index in [1.54, 1.807) is 12.1 Å². The summed E-state index contributed by atoms with van der Waals surface area (Å²) in [6, 6.07) is 7.15. The summed E-state index contributed by atoms with van der Waals surface area (Å²) in [6.45, 7) is 0.660. The molecule has 0 aliphatic carbocycles. The highest BCUT2D eigenvalue weighted by Gasteiger charge is 2.30. The zero-order valence-electron chi connectivity index (χ0n) is 8.55. The minimum absolute atomic E-state index is 0.217. The second kappa shape index (κ2) is 3.01. The van der Waals surface area contributed by atoms with Crippen molar-refractivity contribution in [3.8, 4) is 5.75 Å². The largest absolute Gasteiger partial charge is 0.506 e. The summed E-state index contributed by atoms with van der Waals surface area (Å²) in [5, 5.41) is 19.8. The molecule has 0 spiro atoms. The van der Waals surface area contributed by atoms with Crippen LogP contribution in [0, 0.1) is 0 Å². The molecule has 16 heavy (non-hydrogen) atoms. The van der Waals surface area contributed by atoms with Gasteiger partial charge in [0.2, 0.25) is 0 Å². The summed E-state index contributed by atoms with van der Waals surface area (Å²) in [7, 11) is 0. The van der Waals surface area contributed by atoms with Crippen molar-refractivity contribution in [2.75, 3.05) is 0 Å². The first-order chi connectivity index (χ1) is 7.68. The molecule has 2 heterocycles. The fourth-order valence-electron chi connectivity index (χ4n) is 2.51. The minimum Gasteiger partial charge on any atom is -0.506 e. The number of aliphatic carboxylic acids is 1. The van der Waals surface area contributed by atoms with Crippen LogP contribution in [0.15, 0.2) is 24.3 Å². The Bertz CT molecular complexity index is 585. The van der Waals surface area contributed by atoms with Gasteiger partial charge in [0.15, 0.2) is 0 Å². The normalized spacial score (nSPS) is 18.9. The van der Waals surface area contributed by atoms with Crippen LogP contribution in [0.3, 0.4) is 0 Å². The highest BCUT2D eigenvalue weighted by molar-refractivity contribution is 5.89. The number of phenolic OH excluding ortho intramolecular Hbond substituents is 1. The number of hydrogen-bond acceptors (Lipinski definition) is 2. The standard InChI is InChI=1S/C12H11NO3/c14-10-3-1-2-7-6-9-8(12(15)16)4-5-13(9)11(7)10/h1-3,6,8,14H,4-5H2,(H,15,16). The molecule has 0 amide bonds. The summed E-state index contributed by atoms with van der Waals surface area (Å²) < 4.78 is 1.91. The Morgan fingerprint density at radius 1 is 1.44 bits per heavy atom. The van der Waals surface area contributed by atoms with Crippen molar-refractivity contribution in [3.05, 3.63) is 30.0 Å². The van der Waals surface area contributed by atoms with E-state index < -0.39 is 11.9 Å². The van der Waals surface area contributed by atoms with E-state index in [0.717, 1.165) is 16.6 Å². The number of carbonyl (C=O) groups is 1. The van der Waals surface area contributed by atoms with Gasteiger partial charge >= 0.3 is 5.97 Å². The molecular formula is C12H11NO3. The lowest BCUT2D eigenvalue weighted by molar-refractivity contribution is -0.138. The molecule has 0 fully saturated rings. The predicted molar refractivity (Wildman–Crippen MR) is 58.6 cm³/mol. The number of benzene rings is 1. The highest BCUT2D eigenvalue weighted by Crippen LogP contribution is 2.37. The lowest BCUT2D eigenvalue weighted by atomic mass is 10.0. The fourth-order valence-corrected chi connectivity index (χ4v) is 2.51. The lowest BCUT2D eigenvalue weighted by Gasteiger charge is -2.02. The molecule has 0 saturated heterocycles. The number of fused-ring (bicyclic) bond motifs is 3. The van der Waals surface area contributed by atoms with Gasteiger partial charge in [0.05, 0.1) is 11.4 Å². The molecule has 1 aliphatic heterocycles. The topological polar surface area (TPSA) is 62.5 Å². The summed E-state index contributed by atoms with van der Waals surface area (Å²) in [5.41, 5.74) is 1.55. The van der Waals surface area contributed by atoms with Crippen LogP contribution in [0.2, 0.25) is 0 Å². The van der Waals surface area contributed by atoms with Gasteiger partial charge in [0, 0.05) is 17.6 Å². The van der Waals surface area contributed by atoms with Crippen LogP contribution in [-0.4, -0.2) is 20.7 Å². The third-order valence-corrected chi connectivity index (χ3v) is 3.23.